The van der Waals surface area contributed by atoms with Crippen LogP contribution >= 0.6 is 0 Å². The molecular formula is C14H23N3O3. The Labute approximate surface area is 119 Å². The summed E-state index contributed by atoms with van der Waals surface area (Å²) in [5, 5.41) is 13.9. The zero-order chi connectivity index (χ0) is 15.2. The van der Waals surface area contributed by atoms with Crippen molar-refractivity contribution in [1.29, 1.82) is 0 Å². The van der Waals surface area contributed by atoms with Gasteiger partial charge in [-0.3, -0.25) is 10.1 Å². The molecule has 1 heterocycles. The lowest BCUT2D eigenvalue weighted by Gasteiger charge is -2.17. The highest BCUT2D eigenvalue weighted by Crippen LogP contribution is 2.24. The van der Waals surface area contributed by atoms with Crippen molar-refractivity contribution in [1.82, 2.24) is 4.98 Å². The average Bonchev–Trinajstić information content (AvgIpc) is 2.34. The van der Waals surface area contributed by atoms with Gasteiger partial charge in [-0.25, -0.2) is 0 Å². The molecule has 0 saturated carbocycles. The third-order valence-corrected chi connectivity index (χ3v) is 2.66. The molecule has 0 atom stereocenters. The van der Waals surface area contributed by atoms with E-state index in [1.165, 1.54) is 12.1 Å². The maximum atomic E-state index is 10.9. The normalized spacial score (nSPS) is 11.2. The summed E-state index contributed by atoms with van der Waals surface area (Å²) in [5.41, 5.74) is 0.147. The van der Waals surface area contributed by atoms with Gasteiger partial charge >= 0.3 is 0 Å². The standard InChI is InChI=1S/C14H23N3O3/c1-5-7-15-12-9-11(17(18)19)10-13(16-12)20-8-6-14(2,3)4/h9-10H,5-8H2,1-4H3,(H,15,16). The summed E-state index contributed by atoms with van der Waals surface area (Å²) in [5.74, 6) is 0.772. The molecule has 6 nitrogen and oxygen atoms in total. The molecule has 0 fully saturated rings. The number of nitrogens with one attached hydrogen (secondary N) is 1. The molecule has 0 aromatic carbocycles. The lowest BCUT2D eigenvalue weighted by molar-refractivity contribution is -0.384. The molecule has 0 bridgehead atoms. The number of pyridine rings is 1. The van der Waals surface area contributed by atoms with Crippen molar-refractivity contribution in [2.45, 2.75) is 40.5 Å². The van der Waals surface area contributed by atoms with Crippen LogP contribution in [0.25, 0.3) is 0 Å². The summed E-state index contributed by atoms with van der Waals surface area (Å²) in [7, 11) is 0. The number of hydrogen-bond donors (Lipinski definition) is 1. The summed E-state index contributed by atoms with van der Waals surface area (Å²) in [6, 6.07) is 2.78. The van der Waals surface area contributed by atoms with Gasteiger partial charge in [-0.15, -0.1) is 0 Å². The van der Waals surface area contributed by atoms with Crippen molar-refractivity contribution in [3.8, 4) is 5.88 Å². The van der Waals surface area contributed by atoms with Gasteiger partial charge in [-0.05, 0) is 18.3 Å². The topological polar surface area (TPSA) is 77.3 Å². The summed E-state index contributed by atoms with van der Waals surface area (Å²) < 4.78 is 5.54. The molecular weight excluding hydrogens is 258 g/mol. The lowest BCUT2D eigenvalue weighted by atomic mass is 9.93. The monoisotopic (exact) mass is 281 g/mol. The van der Waals surface area contributed by atoms with Crippen LogP contribution in [-0.2, 0) is 0 Å². The Hall–Kier alpha value is -1.85. The number of aromatic nitrogens is 1. The average molecular weight is 281 g/mol. The van der Waals surface area contributed by atoms with Crippen LogP contribution in [0.5, 0.6) is 5.88 Å². The van der Waals surface area contributed by atoms with E-state index in [0.717, 1.165) is 19.4 Å². The van der Waals surface area contributed by atoms with E-state index < -0.39 is 4.92 Å². The fourth-order valence-corrected chi connectivity index (χ4v) is 1.48. The molecule has 0 amide bonds. The van der Waals surface area contributed by atoms with E-state index in [4.69, 9.17) is 4.74 Å². The first-order valence-electron chi connectivity index (χ1n) is 6.85. The summed E-state index contributed by atoms with van der Waals surface area (Å²) in [6.07, 6.45) is 1.78. The fraction of sp³-hybridized carbons (Fsp3) is 0.643. The second-order valence-corrected chi connectivity index (χ2v) is 5.89. The summed E-state index contributed by atoms with van der Waals surface area (Å²) >= 11 is 0. The van der Waals surface area contributed by atoms with Crippen molar-refractivity contribution < 1.29 is 9.66 Å². The van der Waals surface area contributed by atoms with Crippen LogP contribution in [0.2, 0.25) is 0 Å². The number of hydrogen-bond acceptors (Lipinski definition) is 5. The summed E-state index contributed by atoms with van der Waals surface area (Å²) in [6.45, 7) is 9.58. The molecule has 6 heteroatoms. The third kappa shape index (κ3) is 5.86. The van der Waals surface area contributed by atoms with Gasteiger partial charge in [0.15, 0.2) is 0 Å². The Morgan fingerprint density at radius 2 is 2.10 bits per heavy atom. The molecule has 1 rings (SSSR count). The summed E-state index contributed by atoms with van der Waals surface area (Å²) in [4.78, 5) is 14.7. The Balaban J connectivity index is 2.77. The van der Waals surface area contributed by atoms with Crippen molar-refractivity contribution in [3.63, 3.8) is 0 Å². The SMILES string of the molecule is CCCNc1cc([N+](=O)[O-])cc(OCCC(C)(C)C)n1. The highest BCUT2D eigenvalue weighted by atomic mass is 16.6. The Morgan fingerprint density at radius 3 is 2.65 bits per heavy atom. The molecule has 0 aliphatic rings. The molecule has 0 unspecified atom stereocenters. The number of rotatable bonds is 7. The molecule has 0 aliphatic heterocycles. The second-order valence-electron chi connectivity index (χ2n) is 5.89. The van der Waals surface area contributed by atoms with Gasteiger partial charge in [0.05, 0.1) is 23.7 Å². The molecule has 0 aliphatic carbocycles. The van der Waals surface area contributed by atoms with Crippen LogP contribution in [0.15, 0.2) is 12.1 Å². The maximum Gasteiger partial charge on any atom is 0.278 e. The van der Waals surface area contributed by atoms with E-state index >= 15 is 0 Å². The van der Waals surface area contributed by atoms with Gasteiger partial charge in [0.25, 0.3) is 5.69 Å². The Kier molecular flexibility index (Phi) is 5.73. The van der Waals surface area contributed by atoms with Gasteiger partial charge in [-0.2, -0.15) is 4.98 Å². The molecule has 20 heavy (non-hydrogen) atoms. The van der Waals surface area contributed by atoms with Crippen LogP contribution in [0.3, 0.4) is 0 Å². The second kappa shape index (κ2) is 7.07. The van der Waals surface area contributed by atoms with Gasteiger partial charge in [0.1, 0.15) is 5.82 Å². The molecule has 0 saturated heterocycles. The van der Waals surface area contributed by atoms with Crippen molar-refractivity contribution in [2.75, 3.05) is 18.5 Å². The smallest absolute Gasteiger partial charge is 0.278 e. The van der Waals surface area contributed by atoms with Crippen LogP contribution in [0.4, 0.5) is 11.5 Å². The first kappa shape index (κ1) is 16.2. The van der Waals surface area contributed by atoms with Crippen molar-refractivity contribution in [3.05, 3.63) is 22.2 Å². The highest BCUT2D eigenvalue weighted by Gasteiger charge is 2.14. The largest absolute Gasteiger partial charge is 0.477 e. The number of ether oxygens (including phenoxy) is 1. The van der Waals surface area contributed by atoms with E-state index in [1.807, 2.05) is 6.92 Å². The highest BCUT2D eigenvalue weighted by molar-refractivity contribution is 5.48. The first-order chi connectivity index (χ1) is 9.31. The van der Waals surface area contributed by atoms with Crippen LogP contribution in [-0.4, -0.2) is 23.1 Å². The number of nitrogens with zero attached hydrogens (tertiary/aromatic N) is 2. The number of nitro groups is 1. The maximum absolute atomic E-state index is 10.9. The molecule has 1 aromatic rings. The minimum atomic E-state index is -0.435. The molecule has 0 spiro atoms. The van der Waals surface area contributed by atoms with E-state index in [-0.39, 0.29) is 11.1 Å². The minimum absolute atomic E-state index is 0.00985. The Morgan fingerprint density at radius 1 is 1.40 bits per heavy atom. The van der Waals surface area contributed by atoms with E-state index in [1.54, 1.807) is 0 Å². The quantitative estimate of drug-likeness (QED) is 0.610. The molecule has 1 aromatic heterocycles. The molecule has 112 valence electrons. The van der Waals surface area contributed by atoms with Crippen LogP contribution in [0, 0.1) is 15.5 Å². The molecule has 1 N–H and O–H groups in total. The van der Waals surface area contributed by atoms with Gasteiger partial charge < -0.3 is 10.1 Å². The van der Waals surface area contributed by atoms with Gasteiger partial charge in [0.2, 0.25) is 5.88 Å². The van der Waals surface area contributed by atoms with Crippen molar-refractivity contribution >= 4 is 11.5 Å². The van der Waals surface area contributed by atoms with Crippen LogP contribution in [0.1, 0.15) is 40.5 Å². The number of anilines is 1. The molecule has 0 radical (unpaired) electrons. The first-order valence-corrected chi connectivity index (χ1v) is 6.85. The van der Waals surface area contributed by atoms with Gasteiger partial charge in [0, 0.05) is 6.54 Å². The van der Waals surface area contributed by atoms with E-state index in [9.17, 15) is 10.1 Å². The predicted molar refractivity (Wildman–Crippen MR) is 79.2 cm³/mol. The lowest BCUT2D eigenvalue weighted by Crippen LogP contribution is -2.12. The van der Waals surface area contributed by atoms with E-state index in [2.05, 4.69) is 31.1 Å². The van der Waals surface area contributed by atoms with Gasteiger partial charge in [-0.1, -0.05) is 27.7 Å². The zero-order valence-corrected chi connectivity index (χ0v) is 12.6. The predicted octanol–water partition coefficient (Wildman–Crippen LogP) is 3.63. The minimum Gasteiger partial charge on any atom is -0.477 e. The third-order valence-electron chi connectivity index (χ3n) is 2.66. The Bertz CT molecular complexity index is 455. The zero-order valence-electron chi connectivity index (χ0n) is 12.6. The van der Waals surface area contributed by atoms with Crippen LogP contribution < -0.4 is 10.1 Å². The van der Waals surface area contributed by atoms with E-state index in [0.29, 0.717) is 18.3 Å². The fourth-order valence-electron chi connectivity index (χ4n) is 1.48. The van der Waals surface area contributed by atoms with Crippen molar-refractivity contribution in [2.24, 2.45) is 5.41 Å².